The van der Waals surface area contributed by atoms with Gasteiger partial charge in [-0.1, -0.05) is 18.5 Å². The van der Waals surface area contributed by atoms with Gasteiger partial charge in [0.2, 0.25) is 11.7 Å². The fourth-order valence-corrected chi connectivity index (χ4v) is 3.12. The van der Waals surface area contributed by atoms with Crippen LogP contribution < -0.4 is 5.73 Å². The Morgan fingerprint density at radius 2 is 2.33 bits per heavy atom. The topological polar surface area (TPSA) is 83.4 Å². The second kappa shape index (κ2) is 7.33. The summed E-state index contributed by atoms with van der Waals surface area (Å²) < 4.78 is 16.4. The molecule has 0 aliphatic heterocycles. The predicted octanol–water partition coefficient (Wildman–Crippen LogP) is 2.55. The molecule has 1 saturated carbocycles. The maximum atomic E-state index is 6.05. The van der Waals surface area contributed by atoms with E-state index in [2.05, 4.69) is 17.1 Å². The molecule has 1 fully saturated rings. The molecule has 3 unspecified atom stereocenters. The number of hydrogen-bond acceptors (Lipinski definition) is 6. The van der Waals surface area contributed by atoms with Crippen LogP contribution in [0.25, 0.3) is 0 Å². The second-order valence-corrected chi connectivity index (χ2v) is 5.97. The lowest BCUT2D eigenvalue weighted by Gasteiger charge is -2.37. The zero-order chi connectivity index (χ0) is 15.3. The van der Waals surface area contributed by atoms with Crippen molar-refractivity contribution in [3.63, 3.8) is 0 Å². The van der Waals surface area contributed by atoms with Crippen molar-refractivity contribution < 1.29 is 14.0 Å². The van der Waals surface area contributed by atoms with Crippen LogP contribution in [0.5, 0.6) is 0 Å². The molecule has 120 valence electrons. The Labute approximate surface area is 126 Å². The molecule has 2 N–H and O–H groups in total. The fourth-order valence-electron chi connectivity index (χ4n) is 3.12. The highest BCUT2D eigenvalue weighted by atomic mass is 16.5. The second-order valence-electron chi connectivity index (χ2n) is 5.97. The van der Waals surface area contributed by atoms with Gasteiger partial charge in [0.25, 0.3) is 0 Å². The van der Waals surface area contributed by atoms with Crippen molar-refractivity contribution in [1.29, 1.82) is 0 Å². The molecular weight excluding hydrogens is 270 g/mol. The summed E-state index contributed by atoms with van der Waals surface area (Å²) in [5, 5.41) is 4.16. The summed E-state index contributed by atoms with van der Waals surface area (Å²) in [6.45, 7) is 5.48. The molecule has 0 spiro atoms. The molecule has 1 aliphatic rings. The maximum absolute atomic E-state index is 6.05. The molecule has 0 aromatic carbocycles. The Hall–Kier alpha value is -0.980. The van der Waals surface area contributed by atoms with E-state index in [1.165, 1.54) is 6.42 Å². The molecule has 3 atom stereocenters. The van der Waals surface area contributed by atoms with Crippen LogP contribution >= 0.6 is 0 Å². The molecule has 1 aromatic rings. The van der Waals surface area contributed by atoms with Gasteiger partial charge >= 0.3 is 0 Å². The molecule has 0 bridgehead atoms. The molecule has 0 saturated heterocycles. The van der Waals surface area contributed by atoms with E-state index in [1.54, 1.807) is 7.11 Å². The third-order valence-electron chi connectivity index (χ3n) is 4.18. The molecule has 1 aromatic heterocycles. The maximum Gasteiger partial charge on any atom is 0.243 e. The Kier molecular flexibility index (Phi) is 5.72. The van der Waals surface area contributed by atoms with Crippen LogP contribution in [0.3, 0.4) is 0 Å². The molecule has 6 nitrogen and oxygen atoms in total. The van der Waals surface area contributed by atoms with Gasteiger partial charge in [-0.2, -0.15) is 4.98 Å². The summed E-state index contributed by atoms with van der Waals surface area (Å²) >= 11 is 0. The van der Waals surface area contributed by atoms with Gasteiger partial charge in [0.1, 0.15) is 5.60 Å². The number of nitrogens with two attached hydrogens (primary N) is 1. The molecule has 2 rings (SSSR count). The molecule has 0 amide bonds. The normalized spacial score (nSPS) is 27.7. The fraction of sp³-hybridized carbons (Fsp3) is 0.867. The van der Waals surface area contributed by atoms with Gasteiger partial charge in [0.15, 0.2) is 0 Å². The summed E-state index contributed by atoms with van der Waals surface area (Å²) in [6, 6.07) is -0.286. The van der Waals surface area contributed by atoms with Crippen molar-refractivity contribution in [1.82, 2.24) is 10.1 Å². The Morgan fingerprint density at radius 3 is 3.00 bits per heavy atom. The average Bonchev–Trinajstić information content (AvgIpc) is 2.95. The van der Waals surface area contributed by atoms with E-state index in [0.717, 1.165) is 19.3 Å². The van der Waals surface area contributed by atoms with E-state index >= 15 is 0 Å². The van der Waals surface area contributed by atoms with Crippen LogP contribution in [0.15, 0.2) is 4.52 Å². The molecule has 6 heteroatoms. The van der Waals surface area contributed by atoms with Gasteiger partial charge < -0.3 is 19.7 Å². The summed E-state index contributed by atoms with van der Waals surface area (Å²) in [5.41, 5.74) is 5.64. The smallest absolute Gasteiger partial charge is 0.243 e. The molecule has 1 aliphatic carbocycles. The van der Waals surface area contributed by atoms with Crippen LogP contribution in [0, 0.1) is 5.92 Å². The monoisotopic (exact) mass is 297 g/mol. The SMILES string of the molecule is CCOC1(c2noc(C(N)CCOC)n2)CCCC(C)C1. The van der Waals surface area contributed by atoms with Gasteiger partial charge in [-0.3, -0.25) is 0 Å². The van der Waals surface area contributed by atoms with Gasteiger partial charge in [-0.25, -0.2) is 0 Å². The van der Waals surface area contributed by atoms with Gasteiger partial charge in [0, 0.05) is 20.3 Å². The van der Waals surface area contributed by atoms with E-state index < -0.39 is 5.60 Å². The van der Waals surface area contributed by atoms with E-state index in [9.17, 15) is 0 Å². The van der Waals surface area contributed by atoms with Crippen molar-refractivity contribution >= 4 is 0 Å². The van der Waals surface area contributed by atoms with Crippen molar-refractivity contribution in [2.45, 2.75) is 57.6 Å². The zero-order valence-electron chi connectivity index (χ0n) is 13.3. The first kappa shape index (κ1) is 16.4. The highest BCUT2D eigenvalue weighted by molar-refractivity contribution is 5.05. The summed E-state index contributed by atoms with van der Waals surface area (Å²) in [7, 11) is 1.65. The van der Waals surface area contributed by atoms with E-state index in [0.29, 0.717) is 37.3 Å². The minimum absolute atomic E-state index is 0.286. The number of methoxy groups -OCH3 is 1. The van der Waals surface area contributed by atoms with Crippen molar-refractivity contribution in [2.75, 3.05) is 20.3 Å². The lowest BCUT2D eigenvalue weighted by atomic mass is 9.78. The lowest BCUT2D eigenvalue weighted by molar-refractivity contribution is -0.0891. The molecule has 1 heterocycles. The van der Waals surface area contributed by atoms with Crippen LogP contribution in [-0.2, 0) is 15.1 Å². The number of rotatable bonds is 7. The first-order valence-electron chi connectivity index (χ1n) is 7.84. The highest BCUT2D eigenvalue weighted by Gasteiger charge is 2.41. The number of ether oxygens (including phenoxy) is 2. The summed E-state index contributed by atoms with van der Waals surface area (Å²) in [5.74, 6) is 1.73. The quantitative estimate of drug-likeness (QED) is 0.832. The van der Waals surface area contributed by atoms with Crippen molar-refractivity contribution in [3.05, 3.63) is 11.7 Å². The van der Waals surface area contributed by atoms with Gasteiger partial charge in [-0.05, 0) is 38.5 Å². The Bertz CT molecular complexity index is 434. The van der Waals surface area contributed by atoms with Crippen LogP contribution in [0.2, 0.25) is 0 Å². The highest BCUT2D eigenvalue weighted by Crippen LogP contribution is 2.41. The van der Waals surface area contributed by atoms with Crippen LogP contribution in [0.1, 0.15) is 63.7 Å². The Balaban J connectivity index is 2.16. The first-order valence-corrected chi connectivity index (χ1v) is 7.84. The average molecular weight is 297 g/mol. The largest absolute Gasteiger partial charge is 0.385 e. The summed E-state index contributed by atoms with van der Waals surface area (Å²) in [4.78, 5) is 4.53. The predicted molar refractivity (Wildman–Crippen MR) is 78.7 cm³/mol. The minimum Gasteiger partial charge on any atom is -0.385 e. The first-order chi connectivity index (χ1) is 10.1. The van der Waals surface area contributed by atoms with Crippen molar-refractivity contribution in [2.24, 2.45) is 11.7 Å². The molecule has 21 heavy (non-hydrogen) atoms. The minimum atomic E-state index is -0.408. The van der Waals surface area contributed by atoms with Gasteiger partial charge in [-0.15, -0.1) is 0 Å². The van der Waals surface area contributed by atoms with Crippen molar-refractivity contribution in [3.8, 4) is 0 Å². The van der Waals surface area contributed by atoms with Crippen LogP contribution in [0.4, 0.5) is 0 Å². The number of aromatic nitrogens is 2. The summed E-state index contributed by atoms with van der Waals surface area (Å²) in [6.07, 6.45) is 4.90. The standard InChI is InChI=1S/C15H27N3O3/c1-4-20-15(8-5-6-11(2)10-15)14-17-13(21-18-14)12(16)7-9-19-3/h11-12H,4-10,16H2,1-3H3. The van der Waals surface area contributed by atoms with E-state index in [4.69, 9.17) is 19.7 Å². The van der Waals surface area contributed by atoms with Crippen LogP contribution in [-0.4, -0.2) is 30.5 Å². The van der Waals surface area contributed by atoms with E-state index in [1.807, 2.05) is 6.92 Å². The van der Waals surface area contributed by atoms with E-state index in [-0.39, 0.29) is 6.04 Å². The lowest BCUT2D eigenvalue weighted by Crippen LogP contribution is -2.36. The number of hydrogen-bond donors (Lipinski definition) is 1. The van der Waals surface area contributed by atoms with Gasteiger partial charge in [0.05, 0.1) is 6.04 Å². The molecule has 0 radical (unpaired) electrons. The third-order valence-corrected chi connectivity index (χ3v) is 4.18. The third kappa shape index (κ3) is 3.81. The zero-order valence-corrected chi connectivity index (χ0v) is 13.3. The Morgan fingerprint density at radius 1 is 1.52 bits per heavy atom. The molecular formula is C15H27N3O3. The number of nitrogens with zero attached hydrogens (tertiary/aromatic N) is 2.